The van der Waals surface area contributed by atoms with Crippen molar-refractivity contribution < 1.29 is 10.2 Å². The molecule has 0 saturated heterocycles. The van der Waals surface area contributed by atoms with Crippen LogP contribution in [0.3, 0.4) is 0 Å². The van der Waals surface area contributed by atoms with Gasteiger partial charge in [-0.15, -0.1) is 11.8 Å². The third kappa shape index (κ3) is 3.68. The van der Waals surface area contributed by atoms with E-state index in [0.29, 0.717) is 5.02 Å². The van der Waals surface area contributed by atoms with E-state index in [-0.39, 0.29) is 18.0 Å². The molecule has 0 radical (unpaired) electrons. The van der Waals surface area contributed by atoms with E-state index in [1.165, 1.54) is 11.8 Å². The molecule has 15 heavy (non-hydrogen) atoms. The fourth-order valence-electron chi connectivity index (χ4n) is 1.04. The molecular formula is C11H15ClO2S. The minimum atomic E-state index is -0.372. The molecule has 84 valence electrons. The van der Waals surface area contributed by atoms with Crippen LogP contribution in [-0.4, -0.2) is 21.6 Å². The summed E-state index contributed by atoms with van der Waals surface area (Å²) in [5, 5.41) is 19.0. The second-order valence-electron chi connectivity index (χ2n) is 3.49. The lowest BCUT2D eigenvalue weighted by Crippen LogP contribution is -2.14. The third-order valence-corrected chi connectivity index (χ3v) is 3.97. The summed E-state index contributed by atoms with van der Waals surface area (Å²) < 4.78 is 0. The van der Waals surface area contributed by atoms with Gasteiger partial charge in [0, 0.05) is 10.1 Å². The predicted octanol–water partition coefficient (Wildman–Crippen LogP) is 2.69. The first kappa shape index (κ1) is 12.8. The van der Waals surface area contributed by atoms with Gasteiger partial charge in [0.05, 0.1) is 17.7 Å². The van der Waals surface area contributed by atoms with Crippen molar-refractivity contribution in [3.63, 3.8) is 0 Å². The van der Waals surface area contributed by atoms with Crippen molar-refractivity contribution in [3.8, 4) is 0 Å². The molecule has 4 heteroatoms. The largest absolute Gasteiger partial charge is 0.392 e. The number of thioether (sulfide) groups is 1. The number of aliphatic hydroxyl groups is 2. The highest BCUT2D eigenvalue weighted by Gasteiger charge is 2.12. The summed E-state index contributed by atoms with van der Waals surface area (Å²) in [6, 6.07) is 5.46. The monoisotopic (exact) mass is 246 g/mol. The standard InChI is InChI=1S/C11H15ClO2S/c1-7(14)8(2)15-11-4-3-9(6-13)5-10(11)12/h3-5,7-8,13-14H,6H2,1-2H3. The zero-order valence-electron chi connectivity index (χ0n) is 8.77. The highest BCUT2D eigenvalue weighted by atomic mass is 35.5. The van der Waals surface area contributed by atoms with E-state index in [4.69, 9.17) is 16.7 Å². The minimum absolute atomic E-state index is 0.00335. The van der Waals surface area contributed by atoms with Crippen LogP contribution in [0.5, 0.6) is 0 Å². The summed E-state index contributed by atoms with van der Waals surface area (Å²) in [5.41, 5.74) is 0.800. The van der Waals surface area contributed by atoms with Gasteiger partial charge in [-0.2, -0.15) is 0 Å². The Balaban J connectivity index is 2.78. The van der Waals surface area contributed by atoms with E-state index in [2.05, 4.69) is 0 Å². The third-order valence-electron chi connectivity index (χ3n) is 2.17. The van der Waals surface area contributed by atoms with E-state index in [0.717, 1.165) is 10.5 Å². The molecule has 2 N–H and O–H groups in total. The van der Waals surface area contributed by atoms with Crippen LogP contribution in [0.2, 0.25) is 5.02 Å². The van der Waals surface area contributed by atoms with Crippen LogP contribution in [0.25, 0.3) is 0 Å². The molecule has 0 aliphatic carbocycles. The fraction of sp³-hybridized carbons (Fsp3) is 0.455. The van der Waals surface area contributed by atoms with E-state index in [1.54, 1.807) is 13.0 Å². The maximum absolute atomic E-state index is 9.37. The SMILES string of the molecule is CC(O)C(C)Sc1ccc(CO)cc1Cl. The Morgan fingerprint density at radius 2 is 2.07 bits per heavy atom. The molecule has 2 atom stereocenters. The average Bonchev–Trinajstić information content (AvgIpc) is 2.20. The fourth-order valence-corrected chi connectivity index (χ4v) is 2.29. The summed E-state index contributed by atoms with van der Waals surface area (Å²) in [4.78, 5) is 0.933. The van der Waals surface area contributed by atoms with Gasteiger partial charge >= 0.3 is 0 Å². The number of hydrogen-bond acceptors (Lipinski definition) is 3. The molecule has 1 aromatic rings. The quantitative estimate of drug-likeness (QED) is 0.803. The molecule has 0 heterocycles. The van der Waals surface area contributed by atoms with Crippen molar-refractivity contribution in [1.82, 2.24) is 0 Å². The summed E-state index contributed by atoms with van der Waals surface area (Å²) >= 11 is 7.58. The molecule has 0 bridgehead atoms. The Bertz CT molecular complexity index is 328. The van der Waals surface area contributed by atoms with Crippen LogP contribution in [0, 0.1) is 0 Å². The van der Waals surface area contributed by atoms with Gasteiger partial charge in [-0.1, -0.05) is 24.6 Å². The van der Waals surface area contributed by atoms with Crippen molar-refractivity contribution in [2.75, 3.05) is 0 Å². The zero-order valence-corrected chi connectivity index (χ0v) is 10.3. The molecule has 1 aromatic carbocycles. The van der Waals surface area contributed by atoms with Gasteiger partial charge in [-0.3, -0.25) is 0 Å². The van der Waals surface area contributed by atoms with Crippen LogP contribution < -0.4 is 0 Å². The molecular weight excluding hydrogens is 232 g/mol. The Morgan fingerprint density at radius 3 is 2.53 bits per heavy atom. The molecule has 2 nitrogen and oxygen atoms in total. The highest BCUT2D eigenvalue weighted by molar-refractivity contribution is 8.00. The first-order valence-electron chi connectivity index (χ1n) is 4.78. The molecule has 0 aromatic heterocycles. The first-order valence-corrected chi connectivity index (χ1v) is 6.04. The van der Waals surface area contributed by atoms with Gasteiger partial charge in [-0.25, -0.2) is 0 Å². The smallest absolute Gasteiger partial charge is 0.0682 e. The van der Waals surface area contributed by atoms with Crippen LogP contribution in [0.15, 0.2) is 23.1 Å². The average molecular weight is 247 g/mol. The van der Waals surface area contributed by atoms with Gasteiger partial charge in [0.1, 0.15) is 0 Å². The summed E-state index contributed by atoms with van der Waals surface area (Å²) in [6.45, 7) is 3.70. The van der Waals surface area contributed by atoms with Crippen molar-refractivity contribution in [2.45, 2.75) is 36.7 Å². The Hall–Kier alpha value is -0.220. The van der Waals surface area contributed by atoms with Gasteiger partial charge in [0.2, 0.25) is 0 Å². The molecule has 0 saturated carbocycles. The number of benzene rings is 1. The van der Waals surface area contributed by atoms with Crippen LogP contribution >= 0.6 is 23.4 Å². The number of hydrogen-bond donors (Lipinski definition) is 2. The molecule has 0 spiro atoms. The lowest BCUT2D eigenvalue weighted by molar-refractivity contribution is 0.196. The maximum atomic E-state index is 9.37. The van der Waals surface area contributed by atoms with Crippen LogP contribution in [0.1, 0.15) is 19.4 Å². The van der Waals surface area contributed by atoms with Crippen molar-refractivity contribution in [3.05, 3.63) is 28.8 Å². The van der Waals surface area contributed by atoms with Crippen LogP contribution in [-0.2, 0) is 6.61 Å². The number of rotatable bonds is 4. The normalized spacial score (nSPS) is 15.0. The van der Waals surface area contributed by atoms with Crippen molar-refractivity contribution in [2.24, 2.45) is 0 Å². The minimum Gasteiger partial charge on any atom is -0.392 e. The van der Waals surface area contributed by atoms with Gasteiger partial charge < -0.3 is 10.2 Å². The number of halogens is 1. The maximum Gasteiger partial charge on any atom is 0.0682 e. The van der Waals surface area contributed by atoms with Crippen molar-refractivity contribution in [1.29, 1.82) is 0 Å². The zero-order chi connectivity index (χ0) is 11.4. The first-order chi connectivity index (χ1) is 7.04. The summed E-state index contributed by atoms with van der Waals surface area (Å²) in [6.07, 6.45) is -0.372. The van der Waals surface area contributed by atoms with Gasteiger partial charge in [0.25, 0.3) is 0 Å². The van der Waals surface area contributed by atoms with Gasteiger partial charge in [-0.05, 0) is 24.6 Å². The molecule has 0 aliphatic heterocycles. The summed E-state index contributed by atoms with van der Waals surface area (Å²) in [7, 11) is 0. The van der Waals surface area contributed by atoms with E-state index in [1.807, 2.05) is 19.1 Å². The summed E-state index contributed by atoms with van der Waals surface area (Å²) in [5.74, 6) is 0. The molecule has 0 fully saturated rings. The van der Waals surface area contributed by atoms with Crippen molar-refractivity contribution >= 4 is 23.4 Å². The topological polar surface area (TPSA) is 40.5 Å². The molecule has 0 amide bonds. The lowest BCUT2D eigenvalue weighted by Gasteiger charge is -2.15. The molecule has 0 aliphatic rings. The predicted molar refractivity (Wildman–Crippen MR) is 64.4 cm³/mol. The van der Waals surface area contributed by atoms with Crippen LogP contribution in [0.4, 0.5) is 0 Å². The Kier molecular flexibility index (Phi) is 4.93. The second kappa shape index (κ2) is 5.75. The van der Waals surface area contributed by atoms with E-state index < -0.39 is 0 Å². The Labute approximate surface area is 99.3 Å². The van der Waals surface area contributed by atoms with E-state index in [9.17, 15) is 5.11 Å². The van der Waals surface area contributed by atoms with Gasteiger partial charge in [0.15, 0.2) is 0 Å². The lowest BCUT2D eigenvalue weighted by atomic mass is 10.2. The second-order valence-corrected chi connectivity index (χ2v) is 5.31. The van der Waals surface area contributed by atoms with E-state index >= 15 is 0 Å². The number of aliphatic hydroxyl groups excluding tert-OH is 2. The molecule has 2 unspecified atom stereocenters. The highest BCUT2D eigenvalue weighted by Crippen LogP contribution is 2.32. The molecule has 1 rings (SSSR count). The Morgan fingerprint density at radius 1 is 1.40 bits per heavy atom.